The summed E-state index contributed by atoms with van der Waals surface area (Å²) < 4.78 is 24.9. The van der Waals surface area contributed by atoms with Crippen LogP contribution in [0.3, 0.4) is 0 Å². The van der Waals surface area contributed by atoms with E-state index in [2.05, 4.69) is 18.6 Å². The monoisotopic (exact) mass is 177 g/mol. The van der Waals surface area contributed by atoms with Crippen molar-refractivity contribution in [3.63, 3.8) is 0 Å². The van der Waals surface area contributed by atoms with Gasteiger partial charge in [-0.2, -0.15) is 0 Å². The fourth-order valence-electron chi connectivity index (χ4n) is 1.52. The highest BCUT2D eigenvalue weighted by Gasteiger charge is 2.37. The van der Waals surface area contributed by atoms with Gasteiger partial charge in [-0.25, -0.2) is 13.1 Å². The van der Waals surface area contributed by atoms with Crippen LogP contribution in [-0.4, -0.2) is 20.2 Å². The zero-order valence-electron chi connectivity index (χ0n) is 7.16. The second-order valence-electron chi connectivity index (χ2n) is 3.51. The Bertz CT molecular complexity index is 233. The highest BCUT2D eigenvalue weighted by molar-refractivity contribution is 7.90. The van der Waals surface area contributed by atoms with Crippen LogP contribution < -0.4 is 4.72 Å². The van der Waals surface area contributed by atoms with E-state index in [9.17, 15) is 8.42 Å². The van der Waals surface area contributed by atoms with E-state index in [-0.39, 0.29) is 11.2 Å². The van der Waals surface area contributed by atoms with Crippen LogP contribution in [-0.2, 0) is 10.0 Å². The largest absolute Gasteiger partial charge is 0.215 e. The molecule has 0 aliphatic carbocycles. The maximum atomic E-state index is 11.2. The van der Waals surface area contributed by atoms with Gasteiger partial charge in [0.1, 0.15) is 0 Å². The Morgan fingerprint density at radius 2 is 2.00 bits per heavy atom. The molecule has 2 atom stereocenters. The lowest BCUT2D eigenvalue weighted by Gasteiger charge is -2.15. The van der Waals surface area contributed by atoms with Crippen molar-refractivity contribution in [3.05, 3.63) is 0 Å². The first-order valence-electron chi connectivity index (χ1n) is 3.93. The van der Waals surface area contributed by atoms with Crippen molar-refractivity contribution >= 4 is 10.0 Å². The highest BCUT2D eigenvalue weighted by Crippen LogP contribution is 2.24. The summed E-state index contributed by atoms with van der Waals surface area (Å²) in [4.78, 5) is 0. The molecule has 11 heavy (non-hydrogen) atoms. The molecule has 0 amide bonds. The van der Waals surface area contributed by atoms with E-state index < -0.39 is 10.0 Å². The smallest absolute Gasteiger partial charge is 0.214 e. The SMILES string of the molecule is CC(C)[C@H]1CNS(=O)(=O)[C@H]1C. The van der Waals surface area contributed by atoms with Crippen LogP contribution in [0.25, 0.3) is 0 Å². The van der Waals surface area contributed by atoms with Gasteiger partial charge in [0.2, 0.25) is 10.0 Å². The third-order valence-corrected chi connectivity index (χ3v) is 4.37. The lowest BCUT2D eigenvalue weighted by atomic mass is 9.93. The standard InChI is InChI=1S/C7H15NO2S/c1-5(2)7-4-8-11(9,10)6(7)3/h5-8H,4H2,1-3H3/t6-,7+/m0/s1. The second kappa shape index (κ2) is 2.75. The van der Waals surface area contributed by atoms with Crippen molar-refractivity contribution in [2.24, 2.45) is 11.8 Å². The van der Waals surface area contributed by atoms with Crippen LogP contribution in [0.1, 0.15) is 20.8 Å². The first-order valence-corrected chi connectivity index (χ1v) is 5.48. The van der Waals surface area contributed by atoms with Gasteiger partial charge in [0, 0.05) is 6.54 Å². The predicted octanol–water partition coefficient (Wildman–Crippen LogP) is 0.580. The number of rotatable bonds is 1. The number of sulfonamides is 1. The Hall–Kier alpha value is -0.0900. The molecule has 0 saturated carbocycles. The molecule has 3 nitrogen and oxygen atoms in total. The average Bonchev–Trinajstić information content (AvgIpc) is 2.09. The quantitative estimate of drug-likeness (QED) is 0.637. The van der Waals surface area contributed by atoms with Crippen molar-refractivity contribution in [1.82, 2.24) is 4.72 Å². The van der Waals surface area contributed by atoms with Crippen molar-refractivity contribution < 1.29 is 8.42 Å². The van der Waals surface area contributed by atoms with Crippen molar-refractivity contribution in [2.45, 2.75) is 26.0 Å². The first-order chi connectivity index (χ1) is 4.95. The number of nitrogens with one attached hydrogen (secondary N) is 1. The third-order valence-electron chi connectivity index (χ3n) is 2.47. The lowest BCUT2D eigenvalue weighted by molar-refractivity contribution is 0.399. The summed E-state index contributed by atoms with van der Waals surface area (Å²) in [5.41, 5.74) is 0. The molecule has 4 heteroatoms. The Kier molecular flexibility index (Phi) is 2.25. The summed E-state index contributed by atoms with van der Waals surface area (Å²) in [6.07, 6.45) is 0. The van der Waals surface area contributed by atoms with Gasteiger partial charge in [0.25, 0.3) is 0 Å². The lowest BCUT2D eigenvalue weighted by Crippen LogP contribution is -2.24. The van der Waals surface area contributed by atoms with Crippen LogP contribution in [0.5, 0.6) is 0 Å². The first kappa shape index (κ1) is 9.00. The zero-order valence-corrected chi connectivity index (χ0v) is 7.98. The van der Waals surface area contributed by atoms with Crippen LogP contribution in [0.2, 0.25) is 0 Å². The molecule has 1 aliphatic rings. The molecule has 1 heterocycles. The molecule has 0 unspecified atom stereocenters. The van der Waals surface area contributed by atoms with E-state index in [1.54, 1.807) is 6.92 Å². The van der Waals surface area contributed by atoms with Gasteiger partial charge in [-0.3, -0.25) is 0 Å². The predicted molar refractivity (Wildman–Crippen MR) is 44.7 cm³/mol. The van der Waals surface area contributed by atoms with Crippen molar-refractivity contribution in [2.75, 3.05) is 6.54 Å². The Morgan fingerprint density at radius 3 is 2.18 bits per heavy atom. The summed E-state index contributed by atoms with van der Waals surface area (Å²) >= 11 is 0. The van der Waals surface area contributed by atoms with Crippen LogP contribution in [0.4, 0.5) is 0 Å². The van der Waals surface area contributed by atoms with Gasteiger partial charge in [0.15, 0.2) is 0 Å². The van der Waals surface area contributed by atoms with E-state index in [0.29, 0.717) is 12.5 Å². The Morgan fingerprint density at radius 1 is 1.45 bits per heavy atom. The van der Waals surface area contributed by atoms with Gasteiger partial charge < -0.3 is 0 Å². The van der Waals surface area contributed by atoms with E-state index >= 15 is 0 Å². The van der Waals surface area contributed by atoms with Crippen LogP contribution >= 0.6 is 0 Å². The van der Waals surface area contributed by atoms with Gasteiger partial charge in [-0.15, -0.1) is 0 Å². The van der Waals surface area contributed by atoms with Gasteiger partial charge in [-0.05, 0) is 18.8 Å². The molecule has 0 aromatic heterocycles. The molecule has 1 fully saturated rings. The minimum Gasteiger partial charge on any atom is -0.215 e. The van der Waals surface area contributed by atoms with Crippen molar-refractivity contribution in [1.29, 1.82) is 0 Å². The summed E-state index contributed by atoms with van der Waals surface area (Å²) in [6, 6.07) is 0. The zero-order chi connectivity index (χ0) is 8.65. The molecule has 0 bridgehead atoms. The maximum Gasteiger partial charge on any atom is 0.214 e. The molecule has 1 aliphatic heterocycles. The van der Waals surface area contributed by atoms with E-state index in [0.717, 1.165) is 0 Å². The number of hydrogen-bond acceptors (Lipinski definition) is 2. The van der Waals surface area contributed by atoms with Gasteiger partial charge in [-0.1, -0.05) is 13.8 Å². The fourth-order valence-corrected chi connectivity index (χ4v) is 3.08. The molecule has 0 spiro atoms. The summed E-state index contributed by atoms with van der Waals surface area (Å²) in [6.45, 7) is 6.51. The summed E-state index contributed by atoms with van der Waals surface area (Å²) in [5.74, 6) is 0.717. The molecule has 1 rings (SSSR count). The molecule has 1 N–H and O–H groups in total. The van der Waals surface area contributed by atoms with E-state index in [1.165, 1.54) is 0 Å². The topological polar surface area (TPSA) is 46.2 Å². The van der Waals surface area contributed by atoms with Crippen LogP contribution in [0.15, 0.2) is 0 Å². The Labute approximate surface area is 68.2 Å². The molecule has 0 aromatic carbocycles. The Balaban J connectivity index is 2.79. The second-order valence-corrected chi connectivity index (χ2v) is 5.63. The molecule has 66 valence electrons. The highest BCUT2D eigenvalue weighted by atomic mass is 32.2. The molecule has 1 saturated heterocycles. The molecule has 0 radical (unpaired) electrons. The average molecular weight is 177 g/mol. The maximum absolute atomic E-state index is 11.2. The summed E-state index contributed by atoms with van der Waals surface area (Å²) in [5, 5.41) is -0.220. The van der Waals surface area contributed by atoms with Crippen LogP contribution in [0, 0.1) is 11.8 Å². The van der Waals surface area contributed by atoms with Gasteiger partial charge >= 0.3 is 0 Å². The van der Waals surface area contributed by atoms with Gasteiger partial charge in [0.05, 0.1) is 5.25 Å². The molecular formula is C7H15NO2S. The van der Waals surface area contributed by atoms with E-state index in [4.69, 9.17) is 0 Å². The fraction of sp³-hybridized carbons (Fsp3) is 1.00. The third kappa shape index (κ3) is 1.56. The minimum atomic E-state index is -2.97. The van der Waals surface area contributed by atoms with Crippen molar-refractivity contribution in [3.8, 4) is 0 Å². The number of hydrogen-bond donors (Lipinski definition) is 1. The molecule has 0 aromatic rings. The molecular weight excluding hydrogens is 162 g/mol. The normalized spacial score (nSPS) is 36.4. The van der Waals surface area contributed by atoms with E-state index in [1.807, 2.05) is 0 Å². The minimum absolute atomic E-state index is 0.220. The summed E-state index contributed by atoms with van der Waals surface area (Å²) in [7, 11) is -2.97.